The number of hydrogen-bond donors (Lipinski definition) is 3. The molecule has 2 amide bonds. The van der Waals surface area contributed by atoms with Crippen LogP contribution in [-0.4, -0.2) is 41.3 Å². The molecule has 2 aliphatic carbocycles. The first-order valence-electron chi connectivity index (χ1n) is 11.5. The van der Waals surface area contributed by atoms with Gasteiger partial charge in [-0.2, -0.15) is 0 Å². The van der Waals surface area contributed by atoms with Crippen LogP contribution in [0.25, 0.3) is 11.1 Å². The number of ether oxygens (including phenoxy) is 1. The number of hydrogen-bond acceptors (Lipinski definition) is 4. The van der Waals surface area contributed by atoms with Crippen LogP contribution in [-0.2, 0) is 14.3 Å². The number of fused-ring (bicyclic) bond motifs is 3. The quantitative estimate of drug-likeness (QED) is 0.590. The molecule has 174 valence electrons. The van der Waals surface area contributed by atoms with E-state index in [9.17, 15) is 19.5 Å². The Kier molecular flexibility index (Phi) is 6.40. The molecule has 0 bridgehead atoms. The van der Waals surface area contributed by atoms with Crippen molar-refractivity contribution in [3.8, 4) is 11.1 Å². The summed E-state index contributed by atoms with van der Waals surface area (Å²) in [6, 6.07) is 15.7. The highest BCUT2D eigenvalue weighted by molar-refractivity contribution is 5.91. The lowest BCUT2D eigenvalue weighted by Gasteiger charge is -2.31. The molecular formula is C26H30N2O5. The zero-order valence-corrected chi connectivity index (χ0v) is 19.0. The molecule has 0 saturated heterocycles. The largest absolute Gasteiger partial charge is 0.481 e. The maximum atomic E-state index is 13.1. The fourth-order valence-electron chi connectivity index (χ4n) is 4.90. The Morgan fingerprint density at radius 3 is 2.09 bits per heavy atom. The van der Waals surface area contributed by atoms with E-state index in [0.29, 0.717) is 12.8 Å². The molecule has 0 heterocycles. The molecule has 7 nitrogen and oxygen atoms in total. The lowest BCUT2D eigenvalue weighted by atomic mass is 9.94. The van der Waals surface area contributed by atoms with Crippen molar-refractivity contribution in [1.29, 1.82) is 0 Å². The summed E-state index contributed by atoms with van der Waals surface area (Å²) >= 11 is 0. The van der Waals surface area contributed by atoms with Crippen molar-refractivity contribution in [2.75, 3.05) is 6.61 Å². The Balaban J connectivity index is 1.43. The Morgan fingerprint density at radius 2 is 1.55 bits per heavy atom. The third-order valence-corrected chi connectivity index (χ3v) is 7.08. The second-order valence-corrected chi connectivity index (χ2v) is 9.13. The summed E-state index contributed by atoms with van der Waals surface area (Å²) in [5.74, 6) is -2.13. The van der Waals surface area contributed by atoms with E-state index < -0.39 is 29.6 Å². The predicted octanol–water partition coefficient (Wildman–Crippen LogP) is 4.06. The molecule has 0 aliphatic heterocycles. The van der Waals surface area contributed by atoms with Crippen LogP contribution in [0, 0.1) is 5.92 Å². The minimum atomic E-state index is -1.07. The van der Waals surface area contributed by atoms with Crippen molar-refractivity contribution in [1.82, 2.24) is 10.6 Å². The highest BCUT2D eigenvalue weighted by Crippen LogP contribution is 2.44. The number of carboxylic acid groups (broad SMARTS) is 1. The van der Waals surface area contributed by atoms with Gasteiger partial charge in [-0.05, 0) is 48.9 Å². The second kappa shape index (κ2) is 9.25. The van der Waals surface area contributed by atoms with Gasteiger partial charge in [-0.25, -0.2) is 4.79 Å². The summed E-state index contributed by atoms with van der Waals surface area (Å²) in [6.45, 7) is 3.38. The van der Waals surface area contributed by atoms with Gasteiger partial charge in [0.1, 0.15) is 12.1 Å². The highest BCUT2D eigenvalue weighted by Gasteiger charge is 2.44. The number of aliphatic carboxylic acids is 1. The molecule has 4 rings (SSSR count). The van der Waals surface area contributed by atoms with E-state index in [-0.39, 0.29) is 18.4 Å². The number of rotatable bonds is 7. The number of amides is 2. The number of carbonyl (C=O) groups excluding carboxylic acids is 2. The number of carboxylic acids is 1. The molecular weight excluding hydrogens is 420 g/mol. The van der Waals surface area contributed by atoms with Gasteiger partial charge in [-0.1, -0.05) is 61.4 Å². The van der Waals surface area contributed by atoms with E-state index in [0.717, 1.165) is 35.1 Å². The van der Waals surface area contributed by atoms with Gasteiger partial charge >= 0.3 is 12.1 Å². The Bertz CT molecular complexity index is 1010. The third-order valence-electron chi connectivity index (χ3n) is 7.08. The smallest absolute Gasteiger partial charge is 0.408 e. The molecule has 33 heavy (non-hydrogen) atoms. The highest BCUT2D eigenvalue weighted by atomic mass is 16.5. The van der Waals surface area contributed by atoms with Crippen LogP contribution in [0.1, 0.15) is 56.6 Å². The summed E-state index contributed by atoms with van der Waals surface area (Å²) in [5, 5.41) is 14.8. The molecule has 0 radical (unpaired) electrons. The van der Waals surface area contributed by atoms with Crippen molar-refractivity contribution < 1.29 is 24.2 Å². The maximum absolute atomic E-state index is 13.1. The van der Waals surface area contributed by atoms with Crippen LogP contribution < -0.4 is 10.6 Å². The SMILES string of the molecule is CC(NC(=O)C1(NC(=O)OCC2c3ccccc3-c3ccccc32)CCCC1)C(C)C(=O)O. The number of benzene rings is 2. The Labute approximate surface area is 193 Å². The average Bonchev–Trinajstić information content (AvgIpc) is 3.40. The van der Waals surface area contributed by atoms with Gasteiger partial charge in [0, 0.05) is 12.0 Å². The van der Waals surface area contributed by atoms with Gasteiger partial charge < -0.3 is 20.5 Å². The fourth-order valence-corrected chi connectivity index (χ4v) is 4.90. The van der Waals surface area contributed by atoms with Gasteiger partial charge in [0.25, 0.3) is 0 Å². The van der Waals surface area contributed by atoms with Gasteiger partial charge in [0.2, 0.25) is 5.91 Å². The first-order chi connectivity index (χ1) is 15.8. The van der Waals surface area contributed by atoms with Crippen molar-refractivity contribution in [2.24, 2.45) is 5.92 Å². The molecule has 2 aliphatic rings. The van der Waals surface area contributed by atoms with Crippen molar-refractivity contribution in [3.63, 3.8) is 0 Å². The molecule has 7 heteroatoms. The van der Waals surface area contributed by atoms with Crippen LogP contribution in [0.3, 0.4) is 0 Å². The molecule has 0 aromatic heterocycles. The van der Waals surface area contributed by atoms with Gasteiger partial charge in [-0.3, -0.25) is 9.59 Å². The fraction of sp³-hybridized carbons (Fsp3) is 0.423. The molecule has 2 aromatic rings. The first kappa shape index (κ1) is 22.8. The van der Waals surface area contributed by atoms with Crippen molar-refractivity contribution >= 4 is 18.0 Å². The summed E-state index contributed by atoms with van der Waals surface area (Å²) in [7, 11) is 0. The van der Waals surface area contributed by atoms with E-state index in [4.69, 9.17) is 4.74 Å². The minimum Gasteiger partial charge on any atom is -0.481 e. The van der Waals surface area contributed by atoms with Gasteiger partial charge in [0.05, 0.1) is 5.92 Å². The zero-order valence-electron chi connectivity index (χ0n) is 19.0. The topological polar surface area (TPSA) is 105 Å². The Hall–Kier alpha value is -3.35. The molecule has 2 atom stereocenters. The summed E-state index contributed by atoms with van der Waals surface area (Å²) in [5.41, 5.74) is 3.47. The monoisotopic (exact) mass is 450 g/mol. The average molecular weight is 451 g/mol. The first-order valence-corrected chi connectivity index (χ1v) is 11.5. The number of carbonyl (C=O) groups is 3. The summed E-state index contributed by atoms with van der Waals surface area (Å²) in [4.78, 5) is 37.1. The third kappa shape index (κ3) is 4.45. The van der Waals surface area contributed by atoms with Crippen molar-refractivity contribution in [2.45, 2.75) is 57.0 Å². The number of nitrogens with one attached hydrogen (secondary N) is 2. The van der Waals surface area contributed by atoms with E-state index in [1.165, 1.54) is 0 Å². The van der Waals surface area contributed by atoms with E-state index >= 15 is 0 Å². The lowest BCUT2D eigenvalue weighted by molar-refractivity contribution is -0.142. The molecule has 1 fully saturated rings. The van der Waals surface area contributed by atoms with Gasteiger partial charge in [0.15, 0.2) is 0 Å². The minimum absolute atomic E-state index is 0.0621. The molecule has 2 unspecified atom stereocenters. The molecule has 1 saturated carbocycles. The summed E-state index contributed by atoms with van der Waals surface area (Å²) < 4.78 is 5.64. The second-order valence-electron chi connectivity index (χ2n) is 9.13. The lowest BCUT2D eigenvalue weighted by Crippen LogP contribution is -2.59. The van der Waals surface area contributed by atoms with E-state index in [2.05, 4.69) is 34.9 Å². The molecule has 2 aromatic carbocycles. The van der Waals surface area contributed by atoms with Gasteiger partial charge in [-0.15, -0.1) is 0 Å². The summed E-state index contributed by atoms with van der Waals surface area (Å²) in [6.07, 6.45) is 1.97. The molecule has 0 spiro atoms. The van der Waals surface area contributed by atoms with Crippen LogP contribution in [0.4, 0.5) is 4.79 Å². The predicted molar refractivity (Wildman–Crippen MR) is 124 cm³/mol. The van der Waals surface area contributed by atoms with Crippen LogP contribution in [0.15, 0.2) is 48.5 Å². The molecule has 3 N–H and O–H groups in total. The van der Waals surface area contributed by atoms with E-state index in [1.807, 2.05) is 24.3 Å². The Morgan fingerprint density at radius 1 is 1.00 bits per heavy atom. The van der Waals surface area contributed by atoms with Crippen molar-refractivity contribution in [3.05, 3.63) is 59.7 Å². The number of alkyl carbamates (subject to hydrolysis) is 1. The zero-order chi connectivity index (χ0) is 23.6. The maximum Gasteiger partial charge on any atom is 0.408 e. The normalized spacial score (nSPS) is 18.0. The van der Waals surface area contributed by atoms with E-state index in [1.54, 1.807) is 13.8 Å². The standard InChI is InChI=1S/C26H30N2O5/c1-16(23(29)30)17(2)27-24(31)26(13-7-8-14-26)28-25(32)33-15-22-20-11-5-3-9-18(20)19-10-4-6-12-21(19)22/h3-6,9-12,16-17,22H,7-8,13-15H2,1-2H3,(H,27,31)(H,28,32)(H,29,30). The van der Waals surface area contributed by atoms with Crippen LogP contribution in [0.2, 0.25) is 0 Å². The van der Waals surface area contributed by atoms with Crippen LogP contribution in [0.5, 0.6) is 0 Å². The van der Waals surface area contributed by atoms with Crippen LogP contribution >= 0.6 is 0 Å².